The fourth-order valence-electron chi connectivity index (χ4n) is 5.76. The Labute approximate surface area is 238 Å². The van der Waals surface area contributed by atoms with E-state index in [1.54, 1.807) is 34.6 Å². The van der Waals surface area contributed by atoms with Crippen LogP contribution in [0.1, 0.15) is 51.7 Å². The monoisotopic (exact) mass is 584 g/mol. The van der Waals surface area contributed by atoms with Gasteiger partial charge in [-0.3, -0.25) is 9.59 Å². The van der Waals surface area contributed by atoms with E-state index in [1.807, 2.05) is 48.5 Å². The number of Topliss-reactive ketones (excluding diaryl/α,β-unsaturated/α-hetero) is 1. The van der Waals surface area contributed by atoms with E-state index in [0.29, 0.717) is 4.31 Å². The fraction of sp³-hybridized carbons (Fsp3) is 0.448. The maximum atomic E-state index is 13.6. The van der Waals surface area contributed by atoms with Crippen molar-refractivity contribution >= 4 is 34.1 Å². The molecule has 2 aliphatic heterocycles. The van der Waals surface area contributed by atoms with Gasteiger partial charge in [-0.15, -0.1) is 0 Å². The van der Waals surface area contributed by atoms with Crippen LogP contribution in [0.4, 0.5) is 4.79 Å². The number of hydrogen-bond acceptors (Lipinski definition) is 9. The normalized spacial score (nSPS) is 21.9. The molecule has 2 saturated heterocycles. The summed E-state index contributed by atoms with van der Waals surface area (Å²) >= 11 is 0. The average Bonchev–Trinajstić information content (AvgIpc) is 3.46. The number of carbonyl (C=O) groups is 4. The van der Waals surface area contributed by atoms with E-state index < -0.39 is 63.8 Å². The van der Waals surface area contributed by atoms with E-state index in [0.717, 1.165) is 27.2 Å². The van der Waals surface area contributed by atoms with Crippen LogP contribution < -0.4 is 0 Å². The summed E-state index contributed by atoms with van der Waals surface area (Å²) in [6.45, 7) is 7.65. The first-order valence-electron chi connectivity index (χ1n) is 13.4. The number of hydrogen-bond donors (Lipinski definition) is 0. The fourth-order valence-corrected chi connectivity index (χ4v) is 7.07. The van der Waals surface area contributed by atoms with Crippen molar-refractivity contribution in [2.75, 3.05) is 13.2 Å². The quantitative estimate of drug-likeness (QED) is 0.371. The number of nitrogens with zero attached hydrogens (tertiary/aromatic N) is 2. The molecule has 3 aliphatic rings. The smallest absolute Gasteiger partial charge is 0.426 e. The summed E-state index contributed by atoms with van der Waals surface area (Å²) in [6, 6.07) is 12.5. The first-order valence-corrected chi connectivity index (χ1v) is 14.7. The van der Waals surface area contributed by atoms with Crippen molar-refractivity contribution in [2.45, 2.75) is 64.3 Å². The van der Waals surface area contributed by atoms with E-state index in [4.69, 9.17) is 13.7 Å². The number of benzene rings is 2. The summed E-state index contributed by atoms with van der Waals surface area (Å²) in [4.78, 5) is 53.6. The van der Waals surface area contributed by atoms with Crippen LogP contribution in [0.25, 0.3) is 11.1 Å². The molecule has 2 fully saturated rings. The van der Waals surface area contributed by atoms with Crippen molar-refractivity contribution in [1.82, 2.24) is 9.21 Å². The lowest BCUT2D eigenvalue weighted by Gasteiger charge is -2.31. The van der Waals surface area contributed by atoms with Gasteiger partial charge in [0, 0.05) is 5.92 Å². The highest BCUT2D eigenvalue weighted by atomic mass is 32.2. The predicted molar refractivity (Wildman–Crippen MR) is 146 cm³/mol. The minimum atomic E-state index is -4.64. The Kier molecular flexibility index (Phi) is 7.19. The number of ether oxygens (including phenoxy) is 2. The van der Waals surface area contributed by atoms with Gasteiger partial charge in [0.1, 0.15) is 24.4 Å². The molecule has 2 aromatic rings. The molecule has 0 bridgehead atoms. The SMILES string of the molecule is CC(C)[C@H](C(=O)C(=O)OC(C)(C)C)N1C[C@H]2OS(=O)(=O)N(C(=O)OCC3c4ccccc4-c4ccccc43)[C@H]2C1=O. The molecule has 2 aromatic carbocycles. The molecule has 0 spiro atoms. The molecule has 218 valence electrons. The van der Waals surface area contributed by atoms with Gasteiger partial charge in [0.25, 0.3) is 5.78 Å². The molecule has 2 heterocycles. The Morgan fingerprint density at radius 1 is 1.00 bits per heavy atom. The number of esters is 1. The average molecular weight is 585 g/mol. The number of carbonyl (C=O) groups excluding carboxylic acids is 4. The van der Waals surface area contributed by atoms with Crippen molar-refractivity contribution in [3.05, 3.63) is 59.7 Å². The molecular weight excluding hydrogens is 552 g/mol. The lowest BCUT2D eigenvalue weighted by Crippen LogP contribution is -2.53. The van der Waals surface area contributed by atoms with Gasteiger partial charge in [-0.1, -0.05) is 62.4 Å². The Hall–Kier alpha value is -3.77. The molecule has 41 heavy (non-hydrogen) atoms. The van der Waals surface area contributed by atoms with Gasteiger partial charge in [-0.05, 0) is 48.9 Å². The maximum Gasteiger partial charge on any atom is 0.426 e. The molecule has 3 atom stereocenters. The summed E-state index contributed by atoms with van der Waals surface area (Å²) in [7, 11) is -4.64. The molecule has 0 unspecified atom stereocenters. The van der Waals surface area contributed by atoms with Crippen molar-refractivity contribution < 1.29 is 41.3 Å². The zero-order valence-electron chi connectivity index (χ0n) is 23.4. The minimum Gasteiger partial charge on any atom is -0.454 e. The van der Waals surface area contributed by atoms with Crippen molar-refractivity contribution in [2.24, 2.45) is 5.92 Å². The standard InChI is InChI=1S/C29H32N2O9S/c1-16(2)23(25(32)27(34)39-29(3,4)5)30-14-22-24(26(30)33)31(41(36,37)40-22)28(35)38-15-21-19-12-8-6-10-17(19)18-11-7-9-13-20(18)21/h6-13,16,21-24H,14-15H2,1-5H3/t22-,23-,24-/m1/s1. The Balaban J connectivity index is 1.36. The van der Waals surface area contributed by atoms with Gasteiger partial charge < -0.3 is 14.4 Å². The second-order valence-corrected chi connectivity index (χ2v) is 13.1. The Bertz CT molecular complexity index is 1480. The zero-order chi connectivity index (χ0) is 29.9. The Morgan fingerprint density at radius 2 is 1.56 bits per heavy atom. The molecule has 0 saturated carbocycles. The number of amides is 2. The predicted octanol–water partition coefficient (Wildman–Crippen LogP) is 3.03. The zero-order valence-corrected chi connectivity index (χ0v) is 24.2. The van der Waals surface area contributed by atoms with Crippen molar-refractivity contribution in [3.8, 4) is 11.1 Å². The highest BCUT2D eigenvalue weighted by molar-refractivity contribution is 7.85. The van der Waals surface area contributed by atoms with Gasteiger partial charge in [-0.25, -0.2) is 13.8 Å². The van der Waals surface area contributed by atoms with E-state index in [1.165, 1.54) is 0 Å². The first kappa shape index (κ1) is 28.7. The third-order valence-electron chi connectivity index (χ3n) is 7.36. The Morgan fingerprint density at radius 3 is 2.10 bits per heavy atom. The van der Waals surface area contributed by atoms with Crippen LogP contribution in [0.15, 0.2) is 48.5 Å². The first-order chi connectivity index (χ1) is 19.2. The van der Waals surface area contributed by atoms with Crippen molar-refractivity contribution in [1.29, 1.82) is 0 Å². The maximum absolute atomic E-state index is 13.6. The minimum absolute atomic E-state index is 0.167. The molecule has 0 N–H and O–H groups in total. The summed E-state index contributed by atoms with van der Waals surface area (Å²) in [6.07, 6.45) is -2.52. The van der Waals surface area contributed by atoms with Crippen LogP contribution in [0.3, 0.4) is 0 Å². The summed E-state index contributed by atoms with van der Waals surface area (Å²) in [5.41, 5.74) is 2.93. The van der Waals surface area contributed by atoms with Gasteiger partial charge >= 0.3 is 22.4 Å². The summed E-state index contributed by atoms with van der Waals surface area (Å²) < 4.78 is 41.9. The summed E-state index contributed by atoms with van der Waals surface area (Å²) in [5.74, 6) is -3.74. The third kappa shape index (κ3) is 5.10. The topological polar surface area (TPSA) is 137 Å². The number of fused-ring (bicyclic) bond motifs is 4. The third-order valence-corrected chi connectivity index (χ3v) is 8.70. The molecule has 11 nitrogen and oxygen atoms in total. The largest absolute Gasteiger partial charge is 0.454 e. The number of ketones is 1. The highest BCUT2D eigenvalue weighted by Crippen LogP contribution is 2.45. The van der Waals surface area contributed by atoms with Crippen LogP contribution in [0.5, 0.6) is 0 Å². The van der Waals surface area contributed by atoms with Crippen LogP contribution in [-0.2, 0) is 38.3 Å². The number of likely N-dealkylation sites (tertiary alicyclic amines) is 1. The molecule has 5 rings (SSSR count). The highest BCUT2D eigenvalue weighted by Gasteiger charge is 2.61. The van der Waals surface area contributed by atoms with Crippen LogP contribution in [0, 0.1) is 5.92 Å². The van der Waals surface area contributed by atoms with E-state index in [9.17, 15) is 27.6 Å². The lowest BCUT2D eigenvalue weighted by molar-refractivity contribution is -0.165. The van der Waals surface area contributed by atoms with E-state index in [2.05, 4.69) is 0 Å². The van der Waals surface area contributed by atoms with Crippen LogP contribution in [0.2, 0.25) is 0 Å². The van der Waals surface area contributed by atoms with Crippen molar-refractivity contribution in [3.63, 3.8) is 0 Å². The lowest BCUT2D eigenvalue weighted by atomic mass is 9.98. The molecule has 12 heteroatoms. The second-order valence-electron chi connectivity index (χ2n) is 11.7. The number of rotatable bonds is 6. The van der Waals surface area contributed by atoms with Gasteiger partial charge in [0.2, 0.25) is 5.91 Å². The van der Waals surface area contributed by atoms with Crippen LogP contribution >= 0.6 is 0 Å². The van der Waals surface area contributed by atoms with Gasteiger partial charge in [0.05, 0.1) is 6.54 Å². The molecule has 2 amide bonds. The molecule has 0 aromatic heterocycles. The molecule has 0 radical (unpaired) electrons. The summed E-state index contributed by atoms with van der Waals surface area (Å²) in [5, 5.41) is 0. The molecular formula is C29H32N2O9S. The van der Waals surface area contributed by atoms with E-state index in [-0.39, 0.29) is 19.1 Å². The van der Waals surface area contributed by atoms with E-state index >= 15 is 0 Å². The van der Waals surface area contributed by atoms with Crippen LogP contribution in [-0.4, -0.2) is 78.3 Å². The second kappa shape index (κ2) is 10.3. The van der Waals surface area contributed by atoms with Gasteiger partial charge in [0.15, 0.2) is 6.04 Å². The van der Waals surface area contributed by atoms with Gasteiger partial charge in [-0.2, -0.15) is 12.7 Å². The molecule has 1 aliphatic carbocycles.